The van der Waals surface area contributed by atoms with Gasteiger partial charge < -0.3 is 20.5 Å². The molecular weight excluding hydrogens is 394 g/mol. The number of thiazole rings is 1. The van der Waals surface area contributed by atoms with Crippen LogP contribution in [0.3, 0.4) is 0 Å². The summed E-state index contributed by atoms with van der Waals surface area (Å²) < 4.78 is 11.9. The number of hydrogen-bond acceptors (Lipinski definition) is 8. The van der Waals surface area contributed by atoms with Crippen molar-refractivity contribution in [1.82, 2.24) is 4.98 Å². The van der Waals surface area contributed by atoms with Crippen LogP contribution >= 0.6 is 34.9 Å². The molecule has 0 saturated carbocycles. The summed E-state index contributed by atoms with van der Waals surface area (Å²) in [6.45, 7) is 2.91. The molecule has 0 saturated heterocycles. The molecule has 3 rings (SSSR count). The predicted octanol–water partition coefficient (Wildman–Crippen LogP) is 2.53. The molecular formula is C16H17N3O4S3. The number of fused-ring (bicyclic) bond motifs is 1. The van der Waals surface area contributed by atoms with E-state index in [-0.39, 0.29) is 23.3 Å². The van der Waals surface area contributed by atoms with Crippen LogP contribution in [0.1, 0.15) is 5.69 Å². The smallest absolute Gasteiger partial charge is 0.236 e. The fourth-order valence-electron chi connectivity index (χ4n) is 2.12. The Bertz CT molecular complexity index is 825. The zero-order valence-corrected chi connectivity index (χ0v) is 16.4. The number of nitrogens with two attached hydrogens (primary N) is 1. The topological polar surface area (TPSA) is 104 Å². The second-order valence-corrected chi connectivity index (χ2v) is 8.58. The molecule has 2 amide bonds. The van der Waals surface area contributed by atoms with Crippen LogP contribution in [0.15, 0.2) is 27.3 Å². The summed E-state index contributed by atoms with van der Waals surface area (Å²) >= 11 is 4.07. The lowest BCUT2D eigenvalue weighted by Gasteiger charge is -2.18. The first-order valence-electron chi connectivity index (χ1n) is 7.72. The Morgan fingerprint density at radius 2 is 2.00 bits per heavy atom. The largest absolute Gasteiger partial charge is 0.486 e. The molecule has 2 aromatic rings. The van der Waals surface area contributed by atoms with Crippen LogP contribution < -0.4 is 20.5 Å². The molecule has 0 aliphatic carbocycles. The summed E-state index contributed by atoms with van der Waals surface area (Å²) in [4.78, 5) is 28.3. The number of anilines is 1. The number of thioether (sulfide) groups is 2. The van der Waals surface area contributed by atoms with Crippen LogP contribution in [0.5, 0.6) is 11.5 Å². The highest BCUT2D eigenvalue weighted by atomic mass is 32.2. The van der Waals surface area contributed by atoms with Gasteiger partial charge in [-0.05, 0) is 25.1 Å². The van der Waals surface area contributed by atoms with Crippen LogP contribution in [-0.2, 0) is 9.59 Å². The summed E-state index contributed by atoms with van der Waals surface area (Å²) in [5.41, 5.74) is 5.92. The maximum atomic E-state index is 12.2. The van der Waals surface area contributed by atoms with Gasteiger partial charge in [0.2, 0.25) is 11.8 Å². The Morgan fingerprint density at radius 1 is 1.23 bits per heavy atom. The normalized spacial score (nSPS) is 12.7. The van der Waals surface area contributed by atoms with Crippen molar-refractivity contribution in [3.8, 4) is 11.5 Å². The van der Waals surface area contributed by atoms with Crippen molar-refractivity contribution >= 4 is 51.8 Å². The van der Waals surface area contributed by atoms with Gasteiger partial charge in [-0.3, -0.25) is 9.59 Å². The number of benzene rings is 1. The lowest BCUT2D eigenvalue weighted by atomic mass is 10.3. The van der Waals surface area contributed by atoms with Crippen molar-refractivity contribution in [3.05, 3.63) is 23.9 Å². The van der Waals surface area contributed by atoms with Gasteiger partial charge in [-0.2, -0.15) is 0 Å². The van der Waals surface area contributed by atoms with E-state index in [1.54, 1.807) is 0 Å². The monoisotopic (exact) mass is 411 g/mol. The maximum absolute atomic E-state index is 12.2. The molecule has 0 bridgehead atoms. The van der Waals surface area contributed by atoms with Crippen molar-refractivity contribution in [2.75, 3.05) is 30.0 Å². The van der Waals surface area contributed by atoms with Gasteiger partial charge in [-0.1, -0.05) is 11.3 Å². The van der Waals surface area contributed by atoms with Crippen molar-refractivity contribution in [2.24, 2.45) is 5.73 Å². The average molecular weight is 412 g/mol. The van der Waals surface area contributed by atoms with E-state index in [4.69, 9.17) is 15.2 Å². The molecule has 0 spiro atoms. The second kappa shape index (κ2) is 8.65. The molecule has 1 aliphatic rings. The average Bonchev–Trinajstić information content (AvgIpc) is 2.97. The number of carbonyl (C=O) groups is 2. The second-order valence-electron chi connectivity index (χ2n) is 5.29. The quantitative estimate of drug-likeness (QED) is 0.675. The Hall–Kier alpha value is -1.91. The van der Waals surface area contributed by atoms with Crippen LogP contribution in [-0.4, -0.2) is 41.5 Å². The summed E-state index contributed by atoms with van der Waals surface area (Å²) in [5.74, 6) is 1.34. The third-order valence-electron chi connectivity index (χ3n) is 3.23. The number of primary amides is 1. The minimum Gasteiger partial charge on any atom is -0.486 e. The molecule has 1 aromatic heterocycles. The first-order valence-corrected chi connectivity index (χ1v) is 10.5. The lowest BCUT2D eigenvalue weighted by molar-refractivity contribution is -0.115. The third-order valence-corrected chi connectivity index (χ3v) is 6.68. The van der Waals surface area contributed by atoms with Crippen LogP contribution in [0.2, 0.25) is 0 Å². The molecule has 26 heavy (non-hydrogen) atoms. The van der Waals surface area contributed by atoms with E-state index in [0.717, 1.165) is 20.5 Å². The molecule has 1 aliphatic heterocycles. The van der Waals surface area contributed by atoms with Gasteiger partial charge in [0.15, 0.2) is 16.6 Å². The summed E-state index contributed by atoms with van der Waals surface area (Å²) in [6.07, 6.45) is 0. The highest BCUT2D eigenvalue weighted by Crippen LogP contribution is 2.35. The summed E-state index contributed by atoms with van der Waals surface area (Å²) in [7, 11) is 0. The Balaban J connectivity index is 1.53. The van der Waals surface area contributed by atoms with Crippen molar-refractivity contribution < 1.29 is 19.1 Å². The molecule has 1 aromatic carbocycles. The first kappa shape index (κ1) is 18.9. The third kappa shape index (κ3) is 5.05. The summed E-state index contributed by atoms with van der Waals surface area (Å²) in [5, 5.41) is 3.30. The van der Waals surface area contributed by atoms with Gasteiger partial charge >= 0.3 is 0 Å². The molecule has 2 heterocycles. The minimum atomic E-state index is -0.385. The molecule has 0 fully saturated rings. The van der Waals surface area contributed by atoms with E-state index in [1.807, 2.05) is 25.1 Å². The van der Waals surface area contributed by atoms with E-state index in [0.29, 0.717) is 24.1 Å². The number of rotatable bonds is 7. The zero-order chi connectivity index (χ0) is 18.5. The minimum absolute atomic E-state index is 0.148. The van der Waals surface area contributed by atoms with Crippen LogP contribution in [0.4, 0.5) is 5.13 Å². The Morgan fingerprint density at radius 3 is 2.77 bits per heavy atom. The van der Waals surface area contributed by atoms with Gasteiger partial charge in [0.25, 0.3) is 0 Å². The molecule has 10 heteroatoms. The fraction of sp³-hybridized carbons (Fsp3) is 0.312. The van der Waals surface area contributed by atoms with E-state index in [1.165, 1.54) is 34.9 Å². The maximum Gasteiger partial charge on any atom is 0.236 e. The lowest BCUT2D eigenvalue weighted by Crippen LogP contribution is -2.15. The van der Waals surface area contributed by atoms with E-state index >= 15 is 0 Å². The summed E-state index contributed by atoms with van der Waals surface area (Å²) in [6, 6.07) is 5.62. The number of hydrogen-bond donors (Lipinski definition) is 2. The van der Waals surface area contributed by atoms with Gasteiger partial charge in [-0.25, -0.2) is 4.98 Å². The standard InChI is InChI=1S/C16H17N3O4S3/c1-9-15(25-7-13(17)20)26-16(18-9)19-14(21)8-24-10-2-3-11-12(6-10)23-5-4-22-11/h2-3,6H,4-5,7-8H2,1H3,(H2,17,20)(H,18,19,21). The van der Waals surface area contributed by atoms with Crippen molar-refractivity contribution in [2.45, 2.75) is 16.0 Å². The number of carbonyl (C=O) groups excluding carboxylic acids is 2. The fourth-order valence-corrected chi connectivity index (χ4v) is 4.74. The van der Waals surface area contributed by atoms with Gasteiger partial charge in [0.1, 0.15) is 13.2 Å². The molecule has 3 N–H and O–H groups in total. The molecule has 0 radical (unpaired) electrons. The Kier molecular flexibility index (Phi) is 6.28. The van der Waals surface area contributed by atoms with Crippen LogP contribution in [0.25, 0.3) is 0 Å². The number of nitrogens with one attached hydrogen (secondary N) is 1. The number of aromatic nitrogens is 1. The molecule has 7 nitrogen and oxygen atoms in total. The first-order chi connectivity index (χ1) is 12.5. The molecule has 138 valence electrons. The molecule has 0 unspecified atom stereocenters. The number of aryl methyl sites for hydroxylation is 1. The van der Waals surface area contributed by atoms with E-state index in [9.17, 15) is 9.59 Å². The highest BCUT2D eigenvalue weighted by molar-refractivity contribution is 8.01. The number of amides is 2. The highest BCUT2D eigenvalue weighted by Gasteiger charge is 2.14. The Labute approximate surface area is 163 Å². The van der Waals surface area contributed by atoms with Crippen molar-refractivity contribution in [3.63, 3.8) is 0 Å². The number of ether oxygens (including phenoxy) is 2. The SMILES string of the molecule is Cc1nc(NC(=O)CSc2ccc3c(c2)OCCO3)sc1SCC(N)=O. The van der Waals surface area contributed by atoms with Crippen LogP contribution in [0, 0.1) is 6.92 Å². The van der Waals surface area contributed by atoms with Gasteiger partial charge in [0, 0.05) is 4.90 Å². The zero-order valence-electron chi connectivity index (χ0n) is 13.9. The van der Waals surface area contributed by atoms with E-state index in [2.05, 4.69) is 10.3 Å². The van der Waals surface area contributed by atoms with Crippen molar-refractivity contribution in [1.29, 1.82) is 0 Å². The molecule has 0 atom stereocenters. The van der Waals surface area contributed by atoms with Gasteiger partial charge in [0.05, 0.1) is 21.4 Å². The van der Waals surface area contributed by atoms with Gasteiger partial charge in [-0.15, -0.1) is 23.5 Å². The number of nitrogens with zero attached hydrogens (tertiary/aromatic N) is 1. The predicted molar refractivity (Wildman–Crippen MR) is 104 cm³/mol. The van der Waals surface area contributed by atoms with E-state index < -0.39 is 0 Å².